The summed E-state index contributed by atoms with van der Waals surface area (Å²) in [5.74, 6) is 1.47. The van der Waals surface area contributed by atoms with Gasteiger partial charge in [0.15, 0.2) is 0 Å². The van der Waals surface area contributed by atoms with Crippen LogP contribution in [0.25, 0.3) is 0 Å². The number of aliphatic imine (C=N–C) groups is 6. The summed E-state index contributed by atoms with van der Waals surface area (Å²) in [5.41, 5.74) is 23.8. The molecule has 0 aliphatic heterocycles. The summed E-state index contributed by atoms with van der Waals surface area (Å²) in [4.78, 5) is 29.2. The smallest absolute Gasteiger partial charge is 0.128 e. The van der Waals surface area contributed by atoms with Crippen LogP contribution in [0.2, 0.25) is 0 Å². The Morgan fingerprint density at radius 3 is 0.633 bits per heavy atom. The van der Waals surface area contributed by atoms with Gasteiger partial charge >= 0.3 is 0 Å². The molecule has 13 aromatic rings. The van der Waals surface area contributed by atoms with E-state index in [1.807, 2.05) is 135 Å². The quantitative estimate of drug-likeness (QED) is 0.0179. The zero-order valence-electron chi connectivity index (χ0n) is 95.3. The van der Waals surface area contributed by atoms with Crippen LogP contribution in [0.3, 0.4) is 0 Å². The van der Waals surface area contributed by atoms with E-state index in [0.29, 0.717) is 67.5 Å². The van der Waals surface area contributed by atoms with Crippen molar-refractivity contribution in [3.05, 3.63) is 412 Å². The van der Waals surface area contributed by atoms with Gasteiger partial charge in [-0.15, -0.1) is 0 Å². The second kappa shape index (κ2) is 54.4. The van der Waals surface area contributed by atoms with E-state index in [2.05, 4.69) is 326 Å². The summed E-state index contributed by atoms with van der Waals surface area (Å²) in [6, 6.07) is 89.9. The van der Waals surface area contributed by atoms with Crippen LogP contribution in [-0.2, 0) is 109 Å². The van der Waals surface area contributed by atoms with Crippen molar-refractivity contribution in [3.63, 3.8) is 0 Å². The van der Waals surface area contributed by atoms with E-state index in [-0.39, 0.29) is 150 Å². The molecule has 15 heteroatoms. The van der Waals surface area contributed by atoms with E-state index in [4.69, 9.17) is 30.0 Å². The van der Waals surface area contributed by atoms with Gasteiger partial charge in [0, 0.05) is 154 Å². The summed E-state index contributed by atoms with van der Waals surface area (Å²) < 4.78 is 0. The second-order valence-corrected chi connectivity index (χ2v) is 46.4. The zero-order valence-corrected chi connectivity index (χ0v) is 98.4. The predicted molar refractivity (Wildman–Crippen MR) is 632 cm³/mol. The third-order valence-electron chi connectivity index (χ3n) is 29.2. The van der Waals surface area contributed by atoms with Crippen molar-refractivity contribution in [1.29, 1.82) is 0 Å². The van der Waals surface area contributed by atoms with Crippen molar-refractivity contribution in [3.8, 4) is 34.5 Å². The van der Waals surface area contributed by atoms with Crippen molar-refractivity contribution in [2.75, 3.05) is 0 Å². The molecule has 3 radical (unpaired) electrons. The number of hydrogen-bond donors (Lipinski definition) is 6. The number of phenols is 6. The largest absolute Gasteiger partial charge is 0.507 e. The number of aryl methyl sites for hydroxylation is 2. The molecule has 0 bridgehead atoms. The van der Waals surface area contributed by atoms with Crippen molar-refractivity contribution < 1.29 is 81.0 Å². The number of hydrogen-bond acceptors (Lipinski definition) is 12. The van der Waals surface area contributed by atoms with Crippen LogP contribution in [0.15, 0.2) is 297 Å². The average Bonchev–Trinajstić information content (AvgIpc) is 0.754. The molecule has 12 nitrogen and oxygen atoms in total. The maximum absolute atomic E-state index is 12.1. The maximum Gasteiger partial charge on any atom is 0.128 e. The van der Waals surface area contributed by atoms with Gasteiger partial charge in [-0.3, -0.25) is 30.0 Å². The summed E-state index contributed by atoms with van der Waals surface area (Å²) in [7, 11) is 0. The van der Waals surface area contributed by atoms with E-state index >= 15 is 0 Å². The molecule has 0 unspecified atom stereocenters. The minimum atomic E-state index is -0.502. The van der Waals surface area contributed by atoms with Gasteiger partial charge in [0.05, 0.1) is 34.1 Å². The van der Waals surface area contributed by atoms with Crippen molar-refractivity contribution >= 4 is 71.4 Å². The Hall–Kier alpha value is -11.8. The summed E-state index contributed by atoms with van der Waals surface area (Å²) in [5, 5.41) is 68.4. The number of benzene rings is 13. The molecule has 150 heavy (non-hydrogen) atoms. The van der Waals surface area contributed by atoms with Gasteiger partial charge in [-0.25, -0.2) is 0 Å². The van der Waals surface area contributed by atoms with E-state index in [1.165, 1.54) is 33.4 Å². The first-order valence-electron chi connectivity index (χ1n) is 51.7. The van der Waals surface area contributed by atoms with Crippen molar-refractivity contribution in [2.45, 2.75) is 291 Å². The Labute approximate surface area is 933 Å². The molecule has 6 N–H and O–H groups in total. The van der Waals surface area contributed by atoms with Crippen LogP contribution in [0, 0.1) is 57.8 Å². The Morgan fingerprint density at radius 1 is 0.213 bits per heavy atom. The van der Waals surface area contributed by atoms with Gasteiger partial charge in [-0.2, -0.15) is 0 Å². The van der Waals surface area contributed by atoms with Crippen LogP contribution in [0.4, 0.5) is 34.1 Å². The molecule has 0 fully saturated rings. The third-order valence-corrected chi connectivity index (χ3v) is 29.2. The molecule has 13 aromatic carbocycles. The topological polar surface area (TPSA) is 196 Å². The monoisotopic (exact) mass is 2150 g/mol. The van der Waals surface area contributed by atoms with Crippen LogP contribution in [-0.4, -0.2) is 67.9 Å². The van der Waals surface area contributed by atoms with Gasteiger partial charge in [-0.1, -0.05) is 374 Å². The fourth-order valence-electron chi connectivity index (χ4n) is 19.9. The average molecular weight is 2150 g/mol. The first-order chi connectivity index (χ1) is 67.8. The molecule has 0 saturated carbocycles. The summed E-state index contributed by atoms with van der Waals surface area (Å²) in [6.45, 7) is 61.3. The van der Waals surface area contributed by atoms with Gasteiger partial charge in [-0.05, 0) is 261 Å². The van der Waals surface area contributed by atoms with E-state index in [0.717, 1.165) is 120 Å². The number of aromatic hydroxyl groups is 6. The van der Waals surface area contributed by atoms with E-state index in [1.54, 1.807) is 37.3 Å². The fourth-order valence-corrected chi connectivity index (χ4v) is 19.9. The normalized spacial score (nSPS) is 12.3. The van der Waals surface area contributed by atoms with Crippen LogP contribution in [0.1, 0.15) is 341 Å². The second-order valence-electron chi connectivity index (χ2n) is 46.4. The zero-order chi connectivity index (χ0) is 105. The van der Waals surface area contributed by atoms with E-state index in [9.17, 15) is 30.6 Å². The molecule has 0 amide bonds. The minimum Gasteiger partial charge on any atom is -0.507 e. The predicted octanol–water partition coefficient (Wildman–Crippen LogP) is 36.4. The molecular formula is C135H169Co3N6O6-3. The number of para-hydroxylation sites is 6. The molecule has 0 spiro atoms. The molecule has 0 atom stereocenters. The Bertz CT molecular complexity index is 6350. The van der Waals surface area contributed by atoms with Gasteiger partial charge in [0.25, 0.3) is 0 Å². The van der Waals surface area contributed by atoms with Crippen LogP contribution < -0.4 is 0 Å². The van der Waals surface area contributed by atoms with Crippen LogP contribution in [0.5, 0.6) is 34.5 Å². The Balaban J connectivity index is 0.000000398. The molecule has 0 saturated heterocycles. The van der Waals surface area contributed by atoms with E-state index < -0.39 is 10.8 Å². The number of phenolic OH excluding ortho intramolecular Hbond substituents is 6. The van der Waals surface area contributed by atoms with Crippen molar-refractivity contribution in [1.82, 2.24) is 0 Å². The van der Waals surface area contributed by atoms with Gasteiger partial charge in [0.2, 0.25) is 0 Å². The Morgan fingerprint density at radius 2 is 0.413 bits per heavy atom. The maximum atomic E-state index is 12.1. The van der Waals surface area contributed by atoms with Gasteiger partial charge in [0.1, 0.15) is 34.5 Å². The molecule has 0 aromatic heterocycles. The summed E-state index contributed by atoms with van der Waals surface area (Å²) in [6.07, 6.45) is 20.1. The van der Waals surface area contributed by atoms with Crippen molar-refractivity contribution in [2.24, 2.45) is 51.6 Å². The molecule has 0 aliphatic rings. The molecule has 0 aliphatic carbocycles. The minimum absolute atomic E-state index is 0. The fraction of sp³-hybridized carbons (Fsp3) is 0.356. The standard InChI is InChI=1S/C56H56N2O2.C40H56N2O2.C36H48N2O2.3CH3.3Co/c1-53(2,41-23-13-9-14-24-41)45-33-39(51(59)47(35-45)55(5,6)43-27-17-11-18-28-43)37-57-49-31-21-22-32-50(49)58-38-40-34-46(54(3,4)42-25-15-10-16-26-42)36-48(52(40)60)56(7,8)44-29-19-12-20-30-44;1-37(2,3)21-27-17-29(23-39(7,8)9)35(43)31(19-27)25-41-33-15-13-14-16-34(33)42-26-32-20-28(22-38(4,5)6)18-30(36(32)44)24-40(10,11)12;1-9-35(10-2,11-3)29-19-25(7)33(39)27(21-29)23-37-31-17-15-16-18-32(31)38-24-28-22-30(20-26(8)34(28)40)36(12-4,13-5)14-6;;;;;;/h9-38,59-60H,1-8H3;13-20,25-26,43-44H,21-24H2,1-12H3;15-24,39-40H,9-14H2,1-8H3;3*1H3;;;/q;;;3*-1;;;. The number of rotatable bonds is 32. The molecule has 0 heterocycles. The summed E-state index contributed by atoms with van der Waals surface area (Å²) >= 11 is 0. The number of nitrogens with zero attached hydrogens (tertiary/aromatic N) is 6. The molecule has 13 rings (SSSR count). The van der Waals surface area contributed by atoms with Gasteiger partial charge < -0.3 is 52.9 Å². The molecule has 805 valence electrons. The first-order valence-corrected chi connectivity index (χ1v) is 51.7. The first kappa shape index (κ1) is 129. The Kier molecular flexibility index (Phi) is 46.7. The SMILES string of the molecule is CC(C)(C)Cc1cc(C=Nc2ccccc2N=Cc2cc(CC(C)(C)C)cc(CC(C)(C)C)c2O)c(O)c(CC(C)(C)C)c1.CC(C)(c1ccccc1)c1cc(C=Nc2ccccc2N=Cc2cc(C(C)(C)c3ccccc3)cc(C(C)(C)c3ccccc3)c2O)c(O)c(C(C)(C)c2ccccc2)c1.CCC(CC)(CC)c1cc(C)c(O)c(C=Nc2ccccc2N=Cc2cc(C(CC)(CC)CC)cc(C)c2O)c1.[CH3-].[CH3-].[CH3-].[Co].[Co].[Co]. The van der Waals surface area contributed by atoms with Crippen LogP contribution >= 0.6 is 0 Å². The molecular weight excluding hydrogens is 1980 g/mol. The third kappa shape index (κ3) is 32.4.